The number of amides is 1. The van der Waals surface area contributed by atoms with Crippen molar-refractivity contribution in [3.8, 4) is 33.1 Å². The predicted octanol–water partition coefficient (Wildman–Crippen LogP) is 5.72. The van der Waals surface area contributed by atoms with Crippen molar-refractivity contribution in [2.45, 2.75) is 10.9 Å². The van der Waals surface area contributed by atoms with E-state index in [0.29, 0.717) is 16.5 Å². The number of carbonyl (C=O) groups is 1. The molecule has 3 aromatic carbocycles. The quantitative estimate of drug-likeness (QED) is 0.299. The number of hydrogen-bond acceptors (Lipinski definition) is 7. The summed E-state index contributed by atoms with van der Waals surface area (Å²) in [5.74, 6) is 0.181. The van der Waals surface area contributed by atoms with E-state index in [0.717, 1.165) is 38.8 Å². The molecule has 166 valence electrons. The summed E-state index contributed by atoms with van der Waals surface area (Å²) in [6.07, 6.45) is 0. The SMILES string of the molecule is NC(=O)c1ccc(-c2nc(CSc3nnc(-c4ccccc4)c(-c4ccccc4)n3)cs2)cc1. The fraction of sp³-hybridized carbons (Fsp3) is 0.0385. The molecule has 0 saturated heterocycles. The number of thioether (sulfide) groups is 1. The normalized spacial score (nSPS) is 10.8. The molecule has 0 aliphatic rings. The number of aromatic nitrogens is 4. The van der Waals surface area contributed by atoms with E-state index in [9.17, 15) is 4.79 Å². The molecule has 0 atom stereocenters. The van der Waals surface area contributed by atoms with E-state index in [4.69, 9.17) is 15.7 Å². The van der Waals surface area contributed by atoms with Crippen LogP contribution in [0.2, 0.25) is 0 Å². The van der Waals surface area contributed by atoms with Crippen LogP contribution in [-0.4, -0.2) is 26.1 Å². The number of primary amides is 1. The van der Waals surface area contributed by atoms with Crippen LogP contribution in [-0.2, 0) is 5.75 Å². The van der Waals surface area contributed by atoms with Crippen LogP contribution in [0.1, 0.15) is 16.1 Å². The molecule has 6 nitrogen and oxygen atoms in total. The standard InChI is InChI=1S/C26H19N5OS2/c27-24(32)19-11-13-20(14-12-19)25-28-21(15-33-25)16-34-26-29-22(17-7-3-1-4-8-17)23(30-31-26)18-9-5-2-6-10-18/h1-15H,16H2,(H2,27,32). The van der Waals surface area contributed by atoms with Crippen molar-refractivity contribution in [1.82, 2.24) is 20.2 Å². The molecular formula is C26H19N5OS2. The van der Waals surface area contributed by atoms with E-state index in [1.54, 1.807) is 23.5 Å². The van der Waals surface area contributed by atoms with Crippen LogP contribution in [0.4, 0.5) is 0 Å². The molecule has 5 aromatic rings. The number of benzene rings is 3. The van der Waals surface area contributed by atoms with E-state index in [1.165, 1.54) is 11.8 Å². The van der Waals surface area contributed by atoms with Crippen LogP contribution in [0.3, 0.4) is 0 Å². The highest BCUT2D eigenvalue weighted by atomic mass is 32.2. The van der Waals surface area contributed by atoms with Crippen molar-refractivity contribution in [3.63, 3.8) is 0 Å². The fourth-order valence-corrected chi connectivity index (χ4v) is 4.99. The zero-order valence-electron chi connectivity index (χ0n) is 18.0. The first-order valence-corrected chi connectivity index (χ1v) is 12.4. The van der Waals surface area contributed by atoms with Gasteiger partial charge in [0.25, 0.3) is 0 Å². The minimum Gasteiger partial charge on any atom is -0.366 e. The summed E-state index contributed by atoms with van der Waals surface area (Å²) in [5.41, 5.74) is 11.2. The lowest BCUT2D eigenvalue weighted by Crippen LogP contribution is -2.10. The van der Waals surface area contributed by atoms with E-state index >= 15 is 0 Å². The molecule has 0 unspecified atom stereocenters. The van der Waals surface area contributed by atoms with E-state index < -0.39 is 5.91 Å². The van der Waals surface area contributed by atoms with Gasteiger partial charge < -0.3 is 5.73 Å². The van der Waals surface area contributed by atoms with E-state index in [1.807, 2.05) is 78.2 Å². The van der Waals surface area contributed by atoms with Crippen LogP contribution in [0, 0.1) is 0 Å². The van der Waals surface area contributed by atoms with Crippen molar-refractivity contribution < 1.29 is 4.79 Å². The minimum atomic E-state index is -0.440. The molecule has 5 rings (SSSR count). The highest BCUT2D eigenvalue weighted by Gasteiger charge is 2.14. The van der Waals surface area contributed by atoms with Gasteiger partial charge in [-0.15, -0.1) is 21.5 Å². The second-order valence-electron chi connectivity index (χ2n) is 7.40. The maximum absolute atomic E-state index is 11.3. The molecule has 0 radical (unpaired) electrons. The lowest BCUT2D eigenvalue weighted by Gasteiger charge is -2.09. The van der Waals surface area contributed by atoms with Crippen molar-refractivity contribution in [3.05, 3.63) is 102 Å². The number of nitrogens with zero attached hydrogens (tertiary/aromatic N) is 4. The van der Waals surface area contributed by atoms with Gasteiger partial charge in [0.15, 0.2) is 0 Å². The van der Waals surface area contributed by atoms with Gasteiger partial charge in [-0.25, -0.2) is 9.97 Å². The molecule has 0 bridgehead atoms. The first-order chi connectivity index (χ1) is 16.7. The van der Waals surface area contributed by atoms with Crippen LogP contribution >= 0.6 is 23.1 Å². The number of carbonyl (C=O) groups excluding carboxylic acids is 1. The van der Waals surface area contributed by atoms with Gasteiger partial charge in [0.2, 0.25) is 11.1 Å². The lowest BCUT2D eigenvalue weighted by atomic mass is 10.0. The Hall–Kier alpha value is -3.88. The second-order valence-corrected chi connectivity index (χ2v) is 9.20. The summed E-state index contributed by atoms with van der Waals surface area (Å²) >= 11 is 3.05. The fourth-order valence-electron chi connectivity index (χ4n) is 3.38. The third-order valence-electron chi connectivity index (χ3n) is 5.08. The molecule has 2 aromatic heterocycles. The number of rotatable bonds is 7. The summed E-state index contributed by atoms with van der Waals surface area (Å²) in [6, 6.07) is 27.1. The average Bonchev–Trinajstić information content (AvgIpc) is 3.37. The topological polar surface area (TPSA) is 94.7 Å². The third kappa shape index (κ3) is 4.88. The summed E-state index contributed by atoms with van der Waals surface area (Å²) in [5, 5.41) is 12.4. The van der Waals surface area contributed by atoms with Gasteiger partial charge in [0, 0.05) is 33.4 Å². The Morgan fingerprint density at radius 1 is 0.765 bits per heavy atom. The number of nitrogens with two attached hydrogens (primary N) is 1. The maximum Gasteiger partial charge on any atom is 0.248 e. The predicted molar refractivity (Wildman–Crippen MR) is 136 cm³/mol. The average molecular weight is 482 g/mol. The molecule has 2 heterocycles. The third-order valence-corrected chi connectivity index (χ3v) is 6.89. The summed E-state index contributed by atoms with van der Waals surface area (Å²) < 4.78 is 0. The molecule has 0 aliphatic carbocycles. The van der Waals surface area contributed by atoms with Gasteiger partial charge in [0.1, 0.15) is 16.4 Å². The minimum absolute atomic E-state index is 0.440. The van der Waals surface area contributed by atoms with Gasteiger partial charge in [-0.1, -0.05) is 84.6 Å². The van der Waals surface area contributed by atoms with Gasteiger partial charge in [-0.05, 0) is 12.1 Å². The van der Waals surface area contributed by atoms with Crippen molar-refractivity contribution >= 4 is 29.0 Å². The van der Waals surface area contributed by atoms with E-state index in [-0.39, 0.29) is 0 Å². The molecule has 0 spiro atoms. The zero-order chi connectivity index (χ0) is 23.3. The first-order valence-electron chi connectivity index (χ1n) is 10.5. The van der Waals surface area contributed by atoms with Gasteiger partial charge in [0.05, 0.1) is 5.69 Å². The molecule has 0 fully saturated rings. The van der Waals surface area contributed by atoms with Gasteiger partial charge >= 0.3 is 0 Å². The van der Waals surface area contributed by atoms with Crippen molar-refractivity contribution in [2.24, 2.45) is 5.73 Å². The highest BCUT2D eigenvalue weighted by Crippen LogP contribution is 2.31. The van der Waals surface area contributed by atoms with Crippen LogP contribution in [0.5, 0.6) is 0 Å². The van der Waals surface area contributed by atoms with E-state index in [2.05, 4.69) is 10.2 Å². The molecule has 0 aliphatic heterocycles. The number of hydrogen-bond donors (Lipinski definition) is 1. The summed E-state index contributed by atoms with van der Waals surface area (Å²) in [7, 11) is 0. The van der Waals surface area contributed by atoms with Crippen molar-refractivity contribution in [1.29, 1.82) is 0 Å². The largest absolute Gasteiger partial charge is 0.366 e. The Bertz CT molecular complexity index is 1420. The lowest BCUT2D eigenvalue weighted by molar-refractivity contribution is 0.100. The van der Waals surface area contributed by atoms with Gasteiger partial charge in [-0.3, -0.25) is 4.79 Å². The maximum atomic E-state index is 11.3. The van der Waals surface area contributed by atoms with Crippen LogP contribution in [0.25, 0.3) is 33.1 Å². The zero-order valence-corrected chi connectivity index (χ0v) is 19.6. The Morgan fingerprint density at radius 3 is 2.06 bits per heavy atom. The smallest absolute Gasteiger partial charge is 0.248 e. The monoisotopic (exact) mass is 481 g/mol. The Labute approximate surface area is 205 Å². The molecule has 1 amide bonds. The molecule has 2 N–H and O–H groups in total. The Kier molecular flexibility index (Phi) is 6.42. The molecule has 34 heavy (non-hydrogen) atoms. The van der Waals surface area contributed by atoms with Gasteiger partial charge in [-0.2, -0.15) is 0 Å². The van der Waals surface area contributed by atoms with Crippen LogP contribution in [0.15, 0.2) is 95.5 Å². The summed E-state index contributed by atoms with van der Waals surface area (Å²) in [4.78, 5) is 20.8. The second kappa shape index (κ2) is 9.94. The van der Waals surface area contributed by atoms with Crippen LogP contribution < -0.4 is 5.73 Å². The highest BCUT2D eigenvalue weighted by molar-refractivity contribution is 7.98. The number of thiazole rings is 1. The molecular weight excluding hydrogens is 462 g/mol. The molecule has 0 saturated carbocycles. The Balaban J connectivity index is 1.37. The summed E-state index contributed by atoms with van der Waals surface area (Å²) in [6.45, 7) is 0. The van der Waals surface area contributed by atoms with Crippen molar-refractivity contribution in [2.75, 3.05) is 0 Å². The Morgan fingerprint density at radius 2 is 1.41 bits per heavy atom. The molecule has 8 heteroatoms. The first kappa shape index (κ1) is 21.9.